The molecule has 2 aromatic carbocycles. The summed E-state index contributed by atoms with van der Waals surface area (Å²) in [5.41, 5.74) is 2.52. The van der Waals surface area contributed by atoms with Crippen LogP contribution in [0.1, 0.15) is 23.4 Å². The predicted octanol–water partition coefficient (Wildman–Crippen LogP) is 2.91. The Morgan fingerprint density at radius 1 is 1.17 bits per heavy atom. The van der Waals surface area contributed by atoms with E-state index in [2.05, 4.69) is 9.97 Å². The molecule has 0 aliphatic heterocycles. The van der Waals surface area contributed by atoms with Crippen molar-refractivity contribution in [1.82, 2.24) is 9.97 Å². The lowest BCUT2D eigenvalue weighted by atomic mass is 10.1. The third kappa shape index (κ3) is 3.87. The minimum Gasteiger partial charge on any atom is -0.461 e. The molecule has 0 atom stereocenters. The van der Waals surface area contributed by atoms with Crippen molar-refractivity contribution in [3.05, 3.63) is 75.8 Å². The molecule has 0 spiro atoms. The third-order valence-corrected chi connectivity index (χ3v) is 3.71. The quantitative estimate of drug-likeness (QED) is 0.733. The molecule has 0 saturated carbocycles. The lowest BCUT2D eigenvalue weighted by molar-refractivity contribution is -0.144. The van der Waals surface area contributed by atoms with E-state index < -0.39 is 0 Å². The molecule has 5 heteroatoms. The van der Waals surface area contributed by atoms with Gasteiger partial charge in [0.1, 0.15) is 12.4 Å². The number of ether oxygens (including phenoxy) is 1. The fourth-order valence-corrected chi connectivity index (χ4v) is 2.51. The van der Waals surface area contributed by atoms with E-state index in [1.54, 1.807) is 18.2 Å². The molecule has 3 aromatic rings. The Labute approximate surface area is 139 Å². The number of H-pyrrole nitrogens is 1. The summed E-state index contributed by atoms with van der Waals surface area (Å²) < 4.78 is 5.26. The Morgan fingerprint density at radius 2 is 2.00 bits per heavy atom. The number of hydrogen-bond donors (Lipinski definition) is 1. The smallest absolute Gasteiger partial charge is 0.306 e. The van der Waals surface area contributed by atoms with Crippen molar-refractivity contribution in [2.75, 3.05) is 0 Å². The molecule has 0 bridgehead atoms. The molecule has 1 heterocycles. The van der Waals surface area contributed by atoms with Crippen molar-refractivity contribution in [1.29, 1.82) is 0 Å². The second-order valence-corrected chi connectivity index (χ2v) is 5.68. The molecule has 122 valence electrons. The van der Waals surface area contributed by atoms with Crippen LogP contribution in [0.5, 0.6) is 0 Å². The van der Waals surface area contributed by atoms with Crippen LogP contribution < -0.4 is 5.56 Å². The van der Waals surface area contributed by atoms with Crippen molar-refractivity contribution >= 4 is 16.9 Å². The van der Waals surface area contributed by atoms with E-state index in [0.29, 0.717) is 23.1 Å². The molecule has 3 rings (SSSR count). The Balaban J connectivity index is 1.59. The third-order valence-electron chi connectivity index (χ3n) is 3.71. The van der Waals surface area contributed by atoms with Gasteiger partial charge < -0.3 is 9.72 Å². The SMILES string of the molecule is Cc1cccc(COC(=O)CCc2nc3ccccc3c(=O)[nH]2)c1. The van der Waals surface area contributed by atoms with E-state index in [1.807, 2.05) is 37.3 Å². The molecular formula is C19H18N2O3. The predicted molar refractivity (Wildman–Crippen MR) is 91.7 cm³/mol. The van der Waals surface area contributed by atoms with Crippen molar-refractivity contribution in [2.24, 2.45) is 0 Å². The number of aryl methyl sites for hydroxylation is 2. The second-order valence-electron chi connectivity index (χ2n) is 5.68. The molecule has 0 amide bonds. The molecule has 0 aliphatic rings. The Morgan fingerprint density at radius 3 is 2.83 bits per heavy atom. The average molecular weight is 322 g/mol. The van der Waals surface area contributed by atoms with E-state index >= 15 is 0 Å². The molecule has 24 heavy (non-hydrogen) atoms. The summed E-state index contributed by atoms with van der Waals surface area (Å²) in [6.45, 7) is 2.25. The zero-order chi connectivity index (χ0) is 16.9. The van der Waals surface area contributed by atoms with Crippen molar-refractivity contribution < 1.29 is 9.53 Å². The van der Waals surface area contributed by atoms with Gasteiger partial charge in [-0.25, -0.2) is 4.98 Å². The number of para-hydroxylation sites is 1. The second kappa shape index (κ2) is 7.08. The Kier molecular flexibility index (Phi) is 4.70. The van der Waals surface area contributed by atoms with Gasteiger partial charge in [0.05, 0.1) is 17.3 Å². The number of carbonyl (C=O) groups is 1. The summed E-state index contributed by atoms with van der Waals surface area (Å²) in [5, 5.41) is 0.545. The summed E-state index contributed by atoms with van der Waals surface area (Å²) in [6, 6.07) is 15.0. The maximum atomic E-state index is 12.0. The highest BCUT2D eigenvalue weighted by atomic mass is 16.5. The first-order chi connectivity index (χ1) is 11.6. The highest BCUT2D eigenvalue weighted by Crippen LogP contribution is 2.08. The lowest BCUT2D eigenvalue weighted by Gasteiger charge is -2.06. The van der Waals surface area contributed by atoms with Crippen LogP contribution in [0.3, 0.4) is 0 Å². The van der Waals surface area contributed by atoms with Crippen LogP contribution in [0.15, 0.2) is 53.3 Å². The first kappa shape index (κ1) is 15.9. The van der Waals surface area contributed by atoms with Crippen LogP contribution >= 0.6 is 0 Å². The topological polar surface area (TPSA) is 72.0 Å². The molecule has 5 nitrogen and oxygen atoms in total. The maximum absolute atomic E-state index is 12.0. The Bertz CT molecular complexity index is 931. The summed E-state index contributed by atoms with van der Waals surface area (Å²) in [5.74, 6) is 0.179. The van der Waals surface area contributed by atoms with Crippen LogP contribution in [0.2, 0.25) is 0 Å². The number of rotatable bonds is 5. The zero-order valence-electron chi connectivity index (χ0n) is 13.4. The molecule has 0 radical (unpaired) electrons. The van der Waals surface area contributed by atoms with Gasteiger partial charge in [-0.2, -0.15) is 0 Å². The van der Waals surface area contributed by atoms with Crippen LogP contribution in [-0.4, -0.2) is 15.9 Å². The normalized spacial score (nSPS) is 10.7. The van der Waals surface area contributed by atoms with Crippen LogP contribution in [-0.2, 0) is 22.6 Å². The van der Waals surface area contributed by atoms with Gasteiger partial charge in [-0.15, -0.1) is 0 Å². The average Bonchev–Trinajstić information content (AvgIpc) is 2.58. The van der Waals surface area contributed by atoms with Crippen molar-refractivity contribution in [3.8, 4) is 0 Å². The molecule has 1 N–H and O–H groups in total. The van der Waals surface area contributed by atoms with Crippen molar-refractivity contribution in [3.63, 3.8) is 0 Å². The number of nitrogens with one attached hydrogen (secondary N) is 1. The standard InChI is InChI=1S/C19H18N2O3/c1-13-5-4-6-14(11-13)12-24-18(22)10-9-17-20-16-8-3-2-7-15(16)19(23)21-17/h2-8,11H,9-10,12H2,1H3,(H,20,21,23). The Hall–Kier alpha value is -2.95. The monoisotopic (exact) mass is 322 g/mol. The number of esters is 1. The number of aromatic amines is 1. The van der Waals surface area contributed by atoms with Gasteiger partial charge >= 0.3 is 5.97 Å². The molecule has 0 fully saturated rings. The largest absolute Gasteiger partial charge is 0.461 e. The fourth-order valence-electron chi connectivity index (χ4n) is 2.51. The van der Waals surface area contributed by atoms with E-state index in [9.17, 15) is 9.59 Å². The summed E-state index contributed by atoms with van der Waals surface area (Å²) in [4.78, 5) is 30.9. The number of carbonyl (C=O) groups excluding carboxylic acids is 1. The lowest BCUT2D eigenvalue weighted by Crippen LogP contribution is -2.14. The summed E-state index contributed by atoms with van der Waals surface area (Å²) >= 11 is 0. The molecule has 0 unspecified atom stereocenters. The van der Waals surface area contributed by atoms with E-state index in [-0.39, 0.29) is 24.6 Å². The van der Waals surface area contributed by atoms with Crippen LogP contribution in [0.4, 0.5) is 0 Å². The minimum atomic E-state index is -0.313. The summed E-state index contributed by atoms with van der Waals surface area (Å²) in [6.07, 6.45) is 0.514. The van der Waals surface area contributed by atoms with E-state index in [4.69, 9.17) is 4.74 Å². The number of hydrogen-bond acceptors (Lipinski definition) is 4. The number of nitrogens with zero attached hydrogens (tertiary/aromatic N) is 1. The zero-order valence-corrected chi connectivity index (χ0v) is 13.4. The molecular weight excluding hydrogens is 304 g/mol. The van der Waals surface area contributed by atoms with Crippen molar-refractivity contribution in [2.45, 2.75) is 26.4 Å². The number of aromatic nitrogens is 2. The molecule has 0 saturated heterocycles. The first-order valence-electron chi connectivity index (χ1n) is 7.81. The van der Waals surface area contributed by atoms with Gasteiger partial charge in [-0.05, 0) is 24.6 Å². The minimum absolute atomic E-state index is 0.174. The highest BCUT2D eigenvalue weighted by molar-refractivity contribution is 5.77. The van der Waals surface area contributed by atoms with Gasteiger partial charge in [-0.3, -0.25) is 9.59 Å². The van der Waals surface area contributed by atoms with Gasteiger partial charge in [0.25, 0.3) is 5.56 Å². The summed E-state index contributed by atoms with van der Waals surface area (Å²) in [7, 11) is 0. The highest BCUT2D eigenvalue weighted by Gasteiger charge is 2.08. The van der Waals surface area contributed by atoms with Crippen LogP contribution in [0.25, 0.3) is 10.9 Å². The van der Waals surface area contributed by atoms with Gasteiger partial charge in [0, 0.05) is 6.42 Å². The van der Waals surface area contributed by atoms with Gasteiger partial charge in [0.2, 0.25) is 0 Å². The van der Waals surface area contributed by atoms with Crippen LogP contribution in [0, 0.1) is 6.92 Å². The molecule has 0 aliphatic carbocycles. The van der Waals surface area contributed by atoms with Gasteiger partial charge in [0.15, 0.2) is 0 Å². The van der Waals surface area contributed by atoms with Gasteiger partial charge in [-0.1, -0.05) is 42.0 Å². The van der Waals surface area contributed by atoms with E-state index in [0.717, 1.165) is 11.1 Å². The molecule has 1 aromatic heterocycles. The maximum Gasteiger partial charge on any atom is 0.306 e. The number of fused-ring (bicyclic) bond motifs is 1. The number of benzene rings is 2. The first-order valence-corrected chi connectivity index (χ1v) is 7.81. The van der Waals surface area contributed by atoms with E-state index in [1.165, 1.54) is 0 Å². The fraction of sp³-hybridized carbons (Fsp3) is 0.211.